The minimum atomic E-state index is 0.0458. The molecule has 1 N–H and O–H groups in total. The lowest BCUT2D eigenvalue weighted by Gasteiger charge is -2.12. The first-order chi connectivity index (χ1) is 8.24. The summed E-state index contributed by atoms with van der Waals surface area (Å²) in [5, 5.41) is 3.00. The van der Waals surface area contributed by atoms with Crippen molar-refractivity contribution >= 4 is 17.8 Å². The van der Waals surface area contributed by atoms with E-state index in [9.17, 15) is 4.79 Å². The van der Waals surface area contributed by atoms with Crippen LogP contribution in [0.25, 0.3) is 0 Å². The molecule has 2 rings (SSSR count). The number of likely N-dealkylation sites (N-methyl/N-ethyl adjacent to an activating group) is 1. The van der Waals surface area contributed by atoms with Crippen LogP contribution < -0.4 is 5.32 Å². The number of nitrogens with zero attached hydrogens (tertiary/aromatic N) is 1. The number of urea groups is 1. The van der Waals surface area contributed by atoms with Crippen molar-refractivity contribution in [3.05, 3.63) is 29.8 Å². The van der Waals surface area contributed by atoms with Crippen LogP contribution in [0.1, 0.15) is 25.5 Å². The number of carbonyl (C=O) groups excluding carboxylic acids is 1. The van der Waals surface area contributed by atoms with E-state index in [2.05, 4.69) is 36.5 Å². The Hall–Kier alpha value is -1.16. The zero-order valence-corrected chi connectivity index (χ0v) is 11.1. The van der Waals surface area contributed by atoms with Crippen LogP contribution in [-0.4, -0.2) is 29.8 Å². The van der Waals surface area contributed by atoms with Gasteiger partial charge in [0.1, 0.15) is 0 Å². The summed E-state index contributed by atoms with van der Waals surface area (Å²) in [5.41, 5.74) is 1.19. The Kier molecular flexibility index (Phi) is 3.94. The van der Waals surface area contributed by atoms with Crippen molar-refractivity contribution in [1.82, 2.24) is 10.2 Å². The fourth-order valence-electron chi connectivity index (χ4n) is 2.01. The summed E-state index contributed by atoms with van der Waals surface area (Å²) in [6.07, 6.45) is 0. The number of hydrogen-bond acceptors (Lipinski definition) is 2. The third kappa shape index (κ3) is 2.75. The number of rotatable bonds is 4. The van der Waals surface area contributed by atoms with E-state index < -0.39 is 0 Å². The molecule has 1 aliphatic rings. The highest BCUT2D eigenvalue weighted by molar-refractivity contribution is 7.99. The highest BCUT2D eigenvalue weighted by Crippen LogP contribution is 2.23. The normalized spacial score (nSPS) is 19.5. The molecule has 0 aromatic heterocycles. The number of amides is 2. The van der Waals surface area contributed by atoms with Crippen molar-refractivity contribution in [2.24, 2.45) is 0 Å². The fourth-order valence-corrected chi connectivity index (χ4v) is 2.68. The summed E-state index contributed by atoms with van der Waals surface area (Å²) in [6.45, 7) is 5.69. The molecule has 1 atom stereocenters. The van der Waals surface area contributed by atoms with E-state index in [0.29, 0.717) is 0 Å². The van der Waals surface area contributed by atoms with Crippen molar-refractivity contribution in [2.45, 2.75) is 24.8 Å². The Morgan fingerprint density at radius 1 is 1.35 bits per heavy atom. The maximum atomic E-state index is 11.6. The minimum Gasteiger partial charge on any atom is -0.329 e. The van der Waals surface area contributed by atoms with E-state index in [-0.39, 0.29) is 12.1 Å². The van der Waals surface area contributed by atoms with Crippen LogP contribution in [0.2, 0.25) is 0 Å². The van der Waals surface area contributed by atoms with Crippen molar-refractivity contribution in [3.8, 4) is 0 Å². The first-order valence-corrected chi connectivity index (χ1v) is 7.01. The molecule has 2 amide bonds. The average molecular weight is 250 g/mol. The van der Waals surface area contributed by atoms with Crippen LogP contribution in [0.15, 0.2) is 29.2 Å². The van der Waals surface area contributed by atoms with Gasteiger partial charge < -0.3 is 10.2 Å². The van der Waals surface area contributed by atoms with Gasteiger partial charge in [-0.15, -0.1) is 11.8 Å². The molecule has 1 aromatic carbocycles. The van der Waals surface area contributed by atoms with Crippen LogP contribution in [-0.2, 0) is 0 Å². The molecule has 0 radical (unpaired) electrons. The summed E-state index contributed by atoms with van der Waals surface area (Å²) >= 11 is 1.83. The van der Waals surface area contributed by atoms with Gasteiger partial charge in [0.25, 0.3) is 0 Å². The van der Waals surface area contributed by atoms with E-state index in [1.54, 1.807) is 0 Å². The topological polar surface area (TPSA) is 32.3 Å². The van der Waals surface area contributed by atoms with Gasteiger partial charge in [0.05, 0.1) is 6.04 Å². The Balaban J connectivity index is 2.06. The summed E-state index contributed by atoms with van der Waals surface area (Å²) in [7, 11) is 0. The largest absolute Gasteiger partial charge is 0.329 e. The maximum absolute atomic E-state index is 11.6. The third-order valence-corrected chi connectivity index (χ3v) is 3.86. The van der Waals surface area contributed by atoms with Gasteiger partial charge in [-0.2, -0.15) is 0 Å². The number of nitrogens with one attached hydrogen (secondary N) is 1. The second kappa shape index (κ2) is 5.45. The maximum Gasteiger partial charge on any atom is 0.318 e. The molecule has 1 unspecified atom stereocenters. The van der Waals surface area contributed by atoms with Gasteiger partial charge in [0.15, 0.2) is 0 Å². The van der Waals surface area contributed by atoms with Gasteiger partial charge in [-0.25, -0.2) is 4.79 Å². The molecule has 1 aliphatic heterocycles. The molecule has 0 saturated carbocycles. The van der Waals surface area contributed by atoms with Crippen molar-refractivity contribution in [2.75, 3.05) is 18.8 Å². The lowest BCUT2D eigenvalue weighted by atomic mass is 10.1. The molecule has 1 aromatic rings. The lowest BCUT2D eigenvalue weighted by molar-refractivity contribution is 0.219. The Morgan fingerprint density at radius 2 is 2.06 bits per heavy atom. The van der Waals surface area contributed by atoms with Crippen LogP contribution in [0.4, 0.5) is 4.79 Å². The quantitative estimate of drug-likeness (QED) is 0.833. The number of hydrogen-bond donors (Lipinski definition) is 1. The van der Waals surface area contributed by atoms with Crippen LogP contribution >= 0.6 is 11.8 Å². The van der Waals surface area contributed by atoms with Crippen LogP contribution in [0, 0.1) is 0 Å². The molecule has 17 heavy (non-hydrogen) atoms. The molecule has 92 valence electrons. The van der Waals surface area contributed by atoms with Crippen molar-refractivity contribution in [1.29, 1.82) is 0 Å². The predicted molar refractivity (Wildman–Crippen MR) is 71.4 cm³/mol. The van der Waals surface area contributed by atoms with E-state index in [4.69, 9.17) is 0 Å². The number of carbonyl (C=O) groups is 1. The van der Waals surface area contributed by atoms with E-state index in [1.165, 1.54) is 10.5 Å². The second-order valence-corrected chi connectivity index (χ2v) is 5.38. The standard InChI is InChI=1S/C13H18N2OS/c1-3-15-9-12(14-13(15)16)10-5-7-11(8-6-10)17-4-2/h5-8,12H,3-4,9H2,1-2H3,(H,14,16). The fraction of sp³-hybridized carbons (Fsp3) is 0.462. The highest BCUT2D eigenvalue weighted by Gasteiger charge is 2.28. The summed E-state index contributed by atoms with van der Waals surface area (Å²) in [6, 6.07) is 8.67. The smallest absolute Gasteiger partial charge is 0.318 e. The summed E-state index contributed by atoms with van der Waals surface area (Å²) in [5.74, 6) is 1.09. The van der Waals surface area contributed by atoms with Gasteiger partial charge in [-0.05, 0) is 30.4 Å². The molecule has 3 nitrogen and oxygen atoms in total. The molecule has 0 bridgehead atoms. The second-order valence-electron chi connectivity index (χ2n) is 4.04. The molecular weight excluding hydrogens is 232 g/mol. The lowest BCUT2D eigenvalue weighted by Crippen LogP contribution is -2.27. The van der Waals surface area contributed by atoms with Crippen molar-refractivity contribution in [3.63, 3.8) is 0 Å². The summed E-state index contributed by atoms with van der Waals surface area (Å²) in [4.78, 5) is 14.7. The first kappa shape index (κ1) is 12.3. The number of thioether (sulfide) groups is 1. The predicted octanol–water partition coefficient (Wildman–Crippen LogP) is 2.88. The molecule has 0 aliphatic carbocycles. The highest BCUT2D eigenvalue weighted by atomic mass is 32.2. The van der Waals surface area contributed by atoms with Gasteiger partial charge in [-0.3, -0.25) is 0 Å². The summed E-state index contributed by atoms with van der Waals surface area (Å²) < 4.78 is 0. The van der Waals surface area contributed by atoms with E-state index in [1.807, 2.05) is 23.6 Å². The number of benzene rings is 1. The third-order valence-electron chi connectivity index (χ3n) is 2.96. The Labute approximate surface area is 107 Å². The molecule has 4 heteroatoms. The van der Waals surface area contributed by atoms with Crippen molar-refractivity contribution < 1.29 is 4.79 Å². The Morgan fingerprint density at radius 3 is 2.59 bits per heavy atom. The SMILES string of the molecule is CCSc1ccc(C2CN(CC)C(=O)N2)cc1. The van der Waals surface area contributed by atoms with Gasteiger partial charge in [0, 0.05) is 18.0 Å². The Bertz CT molecular complexity index is 391. The molecule has 0 spiro atoms. The van der Waals surface area contributed by atoms with Crippen LogP contribution in [0.3, 0.4) is 0 Å². The zero-order chi connectivity index (χ0) is 12.3. The molecule has 1 fully saturated rings. The van der Waals surface area contributed by atoms with Crippen LogP contribution in [0.5, 0.6) is 0 Å². The van der Waals surface area contributed by atoms with Gasteiger partial charge >= 0.3 is 6.03 Å². The average Bonchev–Trinajstić information content (AvgIpc) is 2.72. The molecule has 1 heterocycles. The van der Waals surface area contributed by atoms with Gasteiger partial charge in [-0.1, -0.05) is 19.1 Å². The van der Waals surface area contributed by atoms with E-state index >= 15 is 0 Å². The van der Waals surface area contributed by atoms with E-state index in [0.717, 1.165) is 18.8 Å². The molecular formula is C13H18N2OS. The minimum absolute atomic E-state index is 0.0458. The zero-order valence-electron chi connectivity index (χ0n) is 10.3. The first-order valence-electron chi connectivity index (χ1n) is 6.02. The molecule has 1 saturated heterocycles. The monoisotopic (exact) mass is 250 g/mol. The van der Waals surface area contributed by atoms with Gasteiger partial charge in [0.2, 0.25) is 0 Å².